The number of hydrogen-bond donors (Lipinski definition) is 2. The summed E-state index contributed by atoms with van der Waals surface area (Å²) in [5.74, 6) is -0.797. The molecule has 0 fully saturated rings. The smallest absolute Gasteiger partial charge is 0.236 e. The Balaban J connectivity index is 2.16. The first-order chi connectivity index (χ1) is 9.89. The van der Waals surface area contributed by atoms with E-state index in [0.717, 1.165) is 17.7 Å². The van der Waals surface area contributed by atoms with Gasteiger partial charge in [0, 0.05) is 6.54 Å². The van der Waals surface area contributed by atoms with E-state index in [4.69, 9.17) is 17.3 Å². The maximum Gasteiger partial charge on any atom is 0.236 e. The minimum atomic E-state index is -3.68. The third-order valence-electron chi connectivity index (χ3n) is 2.81. The second kappa shape index (κ2) is 6.43. The molecule has 2 rings (SSSR count). The molecule has 0 amide bonds. The van der Waals surface area contributed by atoms with Crippen LogP contribution in [0.1, 0.15) is 11.1 Å². The van der Waals surface area contributed by atoms with Gasteiger partial charge in [0.15, 0.2) is 0 Å². The SMILES string of the molecule is NCc1ccc(CS(=O)(=O)Nc2cc(F)ccc2Cl)cc1. The van der Waals surface area contributed by atoms with E-state index in [-0.39, 0.29) is 16.5 Å². The number of sulfonamides is 1. The monoisotopic (exact) mass is 328 g/mol. The Morgan fingerprint density at radius 2 is 1.71 bits per heavy atom. The van der Waals surface area contributed by atoms with Crippen molar-refractivity contribution in [2.75, 3.05) is 4.72 Å². The summed E-state index contributed by atoms with van der Waals surface area (Å²) in [6.45, 7) is 0.393. The fourth-order valence-corrected chi connectivity index (χ4v) is 3.20. The number of anilines is 1. The highest BCUT2D eigenvalue weighted by molar-refractivity contribution is 7.91. The summed E-state index contributed by atoms with van der Waals surface area (Å²) < 4.78 is 39.5. The Hall–Kier alpha value is -1.63. The number of nitrogens with one attached hydrogen (secondary N) is 1. The summed E-state index contributed by atoms with van der Waals surface area (Å²) in [6, 6.07) is 10.4. The van der Waals surface area contributed by atoms with E-state index in [1.165, 1.54) is 6.07 Å². The summed E-state index contributed by atoms with van der Waals surface area (Å²) >= 11 is 5.84. The first kappa shape index (κ1) is 15.8. The predicted molar refractivity (Wildman–Crippen MR) is 82.0 cm³/mol. The molecule has 0 aromatic heterocycles. The molecule has 0 atom stereocenters. The van der Waals surface area contributed by atoms with Gasteiger partial charge in [0.25, 0.3) is 0 Å². The van der Waals surface area contributed by atoms with Crippen molar-refractivity contribution in [1.82, 2.24) is 0 Å². The van der Waals surface area contributed by atoms with Crippen LogP contribution in [0.5, 0.6) is 0 Å². The topological polar surface area (TPSA) is 72.2 Å². The van der Waals surface area contributed by atoms with Crippen LogP contribution >= 0.6 is 11.6 Å². The number of benzene rings is 2. The lowest BCUT2D eigenvalue weighted by Crippen LogP contribution is -2.15. The van der Waals surface area contributed by atoms with Crippen molar-refractivity contribution in [1.29, 1.82) is 0 Å². The van der Waals surface area contributed by atoms with E-state index in [2.05, 4.69) is 4.72 Å². The second-order valence-corrected chi connectivity index (χ2v) is 6.64. The van der Waals surface area contributed by atoms with Gasteiger partial charge in [-0.25, -0.2) is 12.8 Å². The molecule has 0 spiro atoms. The first-order valence-corrected chi connectivity index (χ1v) is 8.16. The molecule has 0 aliphatic carbocycles. The maximum atomic E-state index is 13.1. The van der Waals surface area contributed by atoms with Crippen LogP contribution in [0.4, 0.5) is 10.1 Å². The maximum absolute atomic E-state index is 13.1. The van der Waals surface area contributed by atoms with Gasteiger partial charge in [-0.3, -0.25) is 4.72 Å². The molecule has 4 nitrogen and oxygen atoms in total. The average molecular weight is 329 g/mol. The molecule has 0 saturated carbocycles. The molecule has 112 valence electrons. The van der Waals surface area contributed by atoms with Crippen LogP contribution in [-0.4, -0.2) is 8.42 Å². The first-order valence-electron chi connectivity index (χ1n) is 6.13. The quantitative estimate of drug-likeness (QED) is 0.886. The van der Waals surface area contributed by atoms with Crippen molar-refractivity contribution in [3.8, 4) is 0 Å². The summed E-state index contributed by atoms with van der Waals surface area (Å²) in [6.07, 6.45) is 0. The molecule has 0 bridgehead atoms. The molecule has 21 heavy (non-hydrogen) atoms. The lowest BCUT2D eigenvalue weighted by atomic mass is 10.1. The van der Waals surface area contributed by atoms with E-state index in [1.54, 1.807) is 24.3 Å². The Labute approximate surface area is 127 Å². The molecule has 0 radical (unpaired) electrons. The van der Waals surface area contributed by atoms with Gasteiger partial charge in [0.2, 0.25) is 10.0 Å². The minimum absolute atomic E-state index is 0.0234. The van der Waals surface area contributed by atoms with E-state index >= 15 is 0 Å². The Kier molecular flexibility index (Phi) is 4.82. The Morgan fingerprint density at radius 1 is 1.10 bits per heavy atom. The Morgan fingerprint density at radius 3 is 2.33 bits per heavy atom. The van der Waals surface area contributed by atoms with Crippen molar-refractivity contribution in [2.45, 2.75) is 12.3 Å². The summed E-state index contributed by atoms with van der Waals surface area (Å²) in [4.78, 5) is 0. The van der Waals surface area contributed by atoms with Gasteiger partial charge in [-0.05, 0) is 29.3 Å². The van der Waals surface area contributed by atoms with Gasteiger partial charge in [-0.2, -0.15) is 0 Å². The molecule has 2 aromatic carbocycles. The minimum Gasteiger partial charge on any atom is -0.326 e. The standard InChI is InChI=1S/C14H14ClFN2O2S/c15-13-6-5-12(16)7-14(13)18-21(19,20)9-11-3-1-10(8-17)2-4-11/h1-7,18H,8-9,17H2. The van der Waals surface area contributed by atoms with Crippen LogP contribution in [0, 0.1) is 5.82 Å². The third-order valence-corrected chi connectivity index (χ3v) is 4.38. The van der Waals surface area contributed by atoms with Crippen molar-refractivity contribution in [2.24, 2.45) is 5.73 Å². The fraction of sp³-hybridized carbons (Fsp3) is 0.143. The van der Waals surface area contributed by atoms with Crippen LogP contribution in [0.25, 0.3) is 0 Å². The number of hydrogen-bond acceptors (Lipinski definition) is 3. The highest BCUT2D eigenvalue weighted by Crippen LogP contribution is 2.24. The molecule has 0 aliphatic heterocycles. The zero-order valence-electron chi connectivity index (χ0n) is 11.0. The van der Waals surface area contributed by atoms with Crippen molar-refractivity contribution < 1.29 is 12.8 Å². The molecular weight excluding hydrogens is 315 g/mol. The van der Waals surface area contributed by atoms with Gasteiger partial charge in [-0.1, -0.05) is 35.9 Å². The number of nitrogens with two attached hydrogens (primary N) is 1. The zero-order valence-corrected chi connectivity index (χ0v) is 12.6. The fourth-order valence-electron chi connectivity index (χ4n) is 1.77. The van der Waals surface area contributed by atoms with Crippen LogP contribution in [-0.2, 0) is 22.3 Å². The number of rotatable bonds is 5. The van der Waals surface area contributed by atoms with Crippen LogP contribution < -0.4 is 10.5 Å². The second-order valence-electron chi connectivity index (χ2n) is 4.51. The molecule has 2 aromatic rings. The molecule has 0 unspecified atom stereocenters. The van der Waals surface area contributed by atoms with Crippen LogP contribution in [0.3, 0.4) is 0 Å². The Bertz CT molecular complexity index is 733. The van der Waals surface area contributed by atoms with E-state index in [1.807, 2.05) is 0 Å². The van der Waals surface area contributed by atoms with E-state index in [0.29, 0.717) is 12.1 Å². The van der Waals surface area contributed by atoms with Gasteiger partial charge < -0.3 is 5.73 Å². The van der Waals surface area contributed by atoms with Gasteiger partial charge in [0.05, 0.1) is 16.5 Å². The average Bonchev–Trinajstić information content (AvgIpc) is 2.43. The normalized spacial score (nSPS) is 11.4. The van der Waals surface area contributed by atoms with Gasteiger partial charge in [-0.15, -0.1) is 0 Å². The van der Waals surface area contributed by atoms with E-state index in [9.17, 15) is 12.8 Å². The molecule has 3 N–H and O–H groups in total. The lowest BCUT2D eigenvalue weighted by molar-refractivity contribution is 0.600. The highest BCUT2D eigenvalue weighted by Gasteiger charge is 2.14. The zero-order chi connectivity index (χ0) is 15.5. The predicted octanol–water partition coefficient (Wildman–Crippen LogP) is 2.88. The molecular formula is C14H14ClFN2O2S. The molecule has 0 heterocycles. The number of halogens is 2. The van der Waals surface area contributed by atoms with Crippen LogP contribution in [0.15, 0.2) is 42.5 Å². The van der Waals surface area contributed by atoms with Crippen molar-refractivity contribution in [3.63, 3.8) is 0 Å². The summed E-state index contributed by atoms with van der Waals surface area (Å²) in [7, 11) is -3.68. The largest absolute Gasteiger partial charge is 0.326 e. The van der Waals surface area contributed by atoms with Crippen molar-refractivity contribution >= 4 is 27.3 Å². The third kappa shape index (κ3) is 4.42. The van der Waals surface area contributed by atoms with Gasteiger partial charge >= 0.3 is 0 Å². The summed E-state index contributed by atoms with van der Waals surface area (Å²) in [5, 5.41) is 0.137. The lowest BCUT2D eigenvalue weighted by Gasteiger charge is -2.10. The highest BCUT2D eigenvalue weighted by atomic mass is 35.5. The van der Waals surface area contributed by atoms with Crippen LogP contribution in [0.2, 0.25) is 5.02 Å². The van der Waals surface area contributed by atoms with Gasteiger partial charge in [0.1, 0.15) is 5.82 Å². The summed E-state index contributed by atoms with van der Waals surface area (Å²) in [5.41, 5.74) is 7.02. The molecule has 0 saturated heterocycles. The molecule has 7 heteroatoms. The van der Waals surface area contributed by atoms with Crippen molar-refractivity contribution in [3.05, 3.63) is 64.4 Å². The van der Waals surface area contributed by atoms with E-state index < -0.39 is 15.8 Å². The molecule has 0 aliphatic rings.